The first-order chi connectivity index (χ1) is 28.2. The highest BCUT2D eigenvalue weighted by Gasteiger charge is 2.20. The summed E-state index contributed by atoms with van der Waals surface area (Å²) in [6.07, 6.45) is 0. The molecule has 0 bridgehead atoms. The van der Waals surface area contributed by atoms with E-state index in [1.165, 1.54) is 42.1 Å². The molecule has 12 rings (SSSR count). The van der Waals surface area contributed by atoms with Crippen molar-refractivity contribution < 1.29 is 4.42 Å². The largest absolute Gasteiger partial charge is 0.455 e. The molecule has 0 amide bonds. The number of benzene rings is 8. The SMILES string of the molecule is c1ccc(-c2ccc3c4ccccc4n(-c4cccc(-c5nc(-c6ccc7sc8ccccc8c7c6)nc(-c6cccc7c6oc6ccccc67)n5)c4)c3c2)cc1. The van der Waals surface area contributed by atoms with Gasteiger partial charge in [0.15, 0.2) is 17.5 Å². The van der Waals surface area contributed by atoms with Crippen LogP contribution in [-0.4, -0.2) is 19.5 Å². The molecule has 0 aliphatic rings. The zero-order valence-corrected chi connectivity index (χ0v) is 31.2. The third-order valence-electron chi connectivity index (χ3n) is 11.1. The third-order valence-corrected chi connectivity index (χ3v) is 12.2. The van der Waals surface area contributed by atoms with E-state index < -0.39 is 0 Å². The lowest BCUT2D eigenvalue weighted by Crippen LogP contribution is -2.01. The highest BCUT2D eigenvalue weighted by Crippen LogP contribution is 2.39. The first kappa shape index (κ1) is 31.9. The van der Waals surface area contributed by atoms with E-state index in [0.29, 0.717) is 17.5 Å². The second-order valence-electron chi connectivity index (χ2n) is 14.4. The zero-order valence-electron chi connectivity index (χ0n) is 30.4. The Morgan fingerprint density at radius 3 is 1.93 bits per heavy atom. The highest BCUT2D eigenvalue weighted by atomic mass is 32.1. The van der Waals surface area contributed by atoms with Gasteiger partial charge in [0.2, 0.25) is 0 Å². The molecule has 0 fully saturated rings. The lowest BCUT2D eigenvalue weighted by Gasteiger charge is -2.12. The maximum absolute atomic E-state index is 6.51. The maximum atomic E-state index is 6.51. The standard InChI is InChI=1S/C51H30N4OS/c1-2-12-31(13-3-1)32-24-26-37-36-16-4-7-21-43(36)55(44(37)30-32)35-15-10-14-33(28-35)49-52-50(34-25-27-47-42(29-34)39-18-6-9-23-46(39)57-47)54-51(53-49)41-20-11-19-40-38-17-5-8-22-45(38)56-48(40)41/h1-30H. The smallest absolute Gasteiger partial charge is 0.167 e. The Labute approximate surface area is 330 Å². The predicted molar refractivity (Wildman–Crippen MR) is 236 cm³/mol. The van der Waals surface area contributed by atoms with Gasteiger partial charge in [-0.1, -0.05) is 121 Å². The second-order valence-corrected chi connectivity index (χ2v) is 15.5. The van der Waals surface area contributed by atoms with Gasteiger partial charge >= 0.3 is 0 Å². The molecule has 0 unspecified atom stereocenters. The summed E-state index contributed by atoms with van der Waals surface area (Å²) in [6, 6.07) is 63.9. The van der Waals surface area contributed by atoms with Crippen molar-refractivity contribution in [3.63, 3.8) is 0 Å². The molecule has 6 heteroatoms. The summed E-state index contributed by atoms with van der Waals surface area (Å²) >= 11 is 1.80. The van der Waals surface area contributed by atoms with Gasteiger partial charge in [0.25, 0.3) is 0 Å². The van der Waals surface area contributed by atoms with Crippen LogP contribution >= 0.6 is 11.3 Å². The molecule has 0 atom stereocenters. The molecule has 8 aromatic carbocycles. The van der Waals surface area contributed by atoms with Crippen LogP contribution in [0.2, 0.25) is 0 Å². The fourth-order valence-corrected chi connectivity index (χ4v) is 9.47. The van der Waals surface area contributed by atoms with E-state index in [1.54, 1.807) is 11.3 Å². The first-order valence-electron chi connectivity index (χ1n) is 19.0. The molecule has 0 aliphatic carbocycles. The van der Waals surface area contributed by atoms with Crippen molar-refractivity contribution in [3.05, 3.63) is 182 Å². The van der Waals surface area contributed by atoms with Crippen LogP contribution in [0.15, 0.2) is 186 Å². The maximum Gasteiger partial charge on any atom is 0.167 e. The molecular formula is C51H30N4OS. The van der Waals surface area contributed by atoms with Gasteiger partial charge in [0.1, 0.15) is 11.2 Å². The van der Waals surface area contributed by atoms with Crippen LogP contribution in [-0.2, 0) is 0 Å². The molecule has 4 heterocycles. The van der Waals surface area contributed by atoms with Crippen LogP contribution in [0.1, 0.15) is 0 Å². The fourth-order valence-electron chi connectivity index (χ4n) is 8.39. The molecule has 4 aromatic heterocycles. The van der Waals surface area contributed by atoms with Gasteiger partial charge < -0.3 is 8.98 Å². The van der Waals surface area contributed by atoms with Crippen molar-refractivity contribution in [2.45, 2.75) is 0 Å². The number of fused-ring (bicyclic) bond motifs is 9. The minimum absolute atomic E-state index is 0.560. The van der Waals surface area contributed by atoms with E-state index in [9.17, 15) is 0 Å². The Morgan fingerprint density at radius 2 is 1.04 bits per heavy atom. The molecule has 0 saturated carbocycles. The molecule has 266 valence electrons. The number of nitrogens with zero attached hydrogens (tertiary/aromatic N) is 4. The predicted octanol–water partition coefficient (Wildman–Crippen LogP) is 13.9. The van der Waals surface area contributed by atoms with E-state index in [4.69, 9.17) is 19.4 Å². The van der Waals surface area contributed by atoms with Crippen molar-refractivity contribution >= 4 is 75.3 Å². The highest BCUT2D eigenvalue weighted by molar-refractivity contribution is 7.25. The number of thiophene rings is 1. The Hall–Kier alpha value is -7.41. The molecule has 0 spiro atoms. The third kappa shape index (κ3) is 5.12. The van der Waals surface area contributed by atoms with E-state index in [0.717, 1.165) is 55.3 Å². The Bertz CT molecular complexity index is 3540. The molecule has 5 nitrogen and oxygen atoms in total. The fraction of sp³-hybridized carbons (Fsp3) is 0. The van der Waals surface area contributed by atoms with Gasteiger partial charge in [0.05, 0.1) is 16.6 Å². The average Bonchev–Trinajstić information content (AvgIpc) is 3.96. The summed E-state index contributed by atoms with van der Waals surface area (Å²) in [5, 5.41) is 6.93. The topological polar surface area (TPSA) is 56.7 Å². The Balaban J connectivity index is 1.08. The van der Waals surface area contributed by atoms with Crippen LogP contribution in [0.25, 0.3) is 115 Å². The minimum atomic E-state index is 0.560. The number of hydrogen-bond acceptors (Lipinski definition) is 5. The normalized spacial score (nSPS) is 11.9. The van der Waals surface area contributed by atoms with Gasteiger partial charge in [-0.2, -0.15) is 0 Å². The van der Waals surface area contributed by atoms with Gasteiger partial charge in [-0.25, -0.2) is 15.0 Å². The van der Waals surface area contributed by atoms with E-state index in [-0.39, 0.29) is 0 Å². The van der Waals surface area contributed by atoms with Gasteiger partial charge in [-0.15, -0.1) is 11.3 Å². The molecule has 0 aliphatic heterocycles. The number of furan rings is 1. The first-order valence-corrected chi connectivity index (χ1v) is 19.8. The summed E-state index contributed by atoms with van der Waals surface area (Å²) in [5.74, 6) is 1.76. The second kappa shape index (κ2) is 12.6. The number of para-hydroxylation sites is 3. The van der Waals surface area contributed by atoms with Gasteiger partial charge in [-0.05, 0) is 71.8 Å². The average molecular weight is 747 g/mol. The van der Waals surface area contributed by atoms with Crippen molar-refractivity contribution in [3.8, 4) is 51.0 Å². The number of rotatable bonds is 5. The summed E-state index contributed by atoms with van der Waals surface area (Å²) in [4.78, 5) is 15.7. The van der Waals surface area contributed by atoms with Crippen LogP contribution < -0.4 is 0 Å². The molecule has 12 aromatic rings. The van der Waals surface area contributed by atoms with Crippen LogP contribution in [0.5, 0.6) is 0 Å². The molecule has 0 saturated heterocycles. The lowest BCUT2D eigenvalue weighted by atomic mass is 10.0. The van der Waals surface area contributed by atoms with Crippen molar-refractivity contribution in [1.82, 2.24) is 19.5 Å². The van der Waals surface area contributed by atoms with Crippen LogP contribution in [0.4, 0.5) is 0 Å². The quantitative estimate of drug-likeness (QED) is 0.176. The molecule has 0 radical (unpaired) electrons. The number of hydrogen-bond donors (Lipinski definition) is 0. The van der Waals surface area contributed by atoms with E-state index >= 15 is 0 Å². The Morgan fingerprint density at radius 1 is 0.386 bits per heavy atom. The van der Waals surface area contributed by atoms with Crippen LogP contribution in [0, 0.1) is 0 Å². The summed E-state index contributed by atoms with van der Waals surface area (Å²) in [6.45, 7) is 0. The summed E-state index contributed by atoms with van der Waals surface area (Å²) < 4.78 is 11.4. The summed E-state index contributed by atoms with van der Waals surface area (Å²) in [5.41, 5.74) is 9.89. The van der Waals surface area contributed by atoms with Crippen molar-refractivity contribution in [2.24, 2.45) is 0 Å². The lowest BCUT2D eigenvalue weighted by molar-refractivity contribution is 0.669. The van der Waals surface area contributed by atoms with E-state index in [1.807, 2.05) is 24.3 Å². The van der Waals surface area contributed by atoms with Gasteiger partial charge in [0, 0.05) is 58.5 Å². The molecular weight excluding hydrogens is 717 g/mol. The summed E-state index contributed by atoms with van der Waals surface area (Å²) in [7, 11) is 0. The van der Waals surface area contributed by atoms with Crippen molar-refractivity contribution in [1.29, 1.82) is 0 Å². The zero-order chi connectivity index (χ0) is 37.5. The van der Waals surface area contributed by atoms with Crippen molar-refractivity contribution in [2.75, 3.05) is 0 Å². The molecule has 57 heavy (non-hydrogen) atoms. The van der Waals surface area contributed by atoms with Crippen LogP contribution in [0.3, 0.4) is 0 Å². The Kier molecular flexibility index (Phi) is 7.03. The minimum Gasteiger partial charge on any atom is -0.455 e. The van der Waals surface area contributed by atoms with E-state index in [2.05, 4.69) is 162 Å². The number of aromatic nitrogens is 4. The van der Waals surface area contributed by atoms with Gasteiger partial charge in [-0.3, -0.25) is 0 Å². The monoisotopic (exact) mass is 746 g/mol. The molecule has 0 N–H and O–H groups in total.